The van der Waals surface area contributed by atoms with Crippen molar-refractivity contribution in [1.82, 2.24) is 5.32 Å². The van der Waals surface area contributed by atoms with Gasteiger partial charge in [0.25, 0.3) is 5.91 Å². The van der Waals surface area contributed by atoms with E-state index in [9.17, 15) is 4.79 Å². The van der Waals surface area contributed by atoms with Crippen LogP contribution in [0.15, 0.2) is 18.2 Å². The summed E-state index contributed by atoms with van der Waals surface area (Å²) < 4.78 is 0. The van der Waals surface area contributed by atoms with Gasteiger partial charge in [-0.2, -0.15) is 0 Å². The highest BCUT2D eigenvalue weighted by molar-refractivity contribution is 6.30. The van der Waals surface area contributed by atoms with Crippen molar-refractivity contribution in [3.63, 3.8) is 0 Å². The molecule has 0 unspecified atom stereocenters. The summed E-state index contributed by atoms with van der Waals surface area (Å²) in [4.78, 5) is 12.1. The molecule has 3 nitrogen and oxygen atoms in total. The molecule has 1 saturated carbocycles. The number of nitrogens with two attached hydrogens (primary N) is 1. The third-order valence-electron chi connectivity index (χ3n) is 3.54. The molecule has 4 heteroatoms. The first kappa shape index (κ1) is 13.4. The van der Waals surface area contributed by atoms with Crippen LogP contribution in [0, 0.1) is 6.92 Å². The maximum atomic E-state index is 12.1. The third-order valence-corrected chi connectivity index (χ3v) is 3.78. The predicted molar refractivity (Wildman–Crippen MR) is 73.9 cm³/mol. The van der Waals surface area contributed by atoms with Crippen molar-refractivity contribution in [2.45, 2.75) is 44.7 Å². The maximum absolute atomic E-state index is 12.1. The summed E-state index contributed by atoms with van der Waals surface area (Å²) in [7, 11) is 0. The van der Waals surface area contributed by atoms with Crippen molar-refractivity contribution in [2.75, 3.05) is 0 Å². The molecule has 0 heterocycles. The van der Waals surface area contributed by atoms with Crippen LogP contribution in [0.4, 0.5) is 0 Å². The zero-order valence-corrected chi connectivity index (χ0v) is 11.3. The van der Waals surface area contributed by atoms with Gasteiger partial charge in [-0.05, 0) is 56.4 Å². The van der Waals surface area contributed by atoms with Gasteiger partial charge >= 0.3 is 0 Å². The van der Waals surface area contributed by atoms with E-state index in [1.807, 2.05) is 13.0 Å². The number of carbonyl (C=O) groups excluding carboxylic acids is 1. The van der Waals surface area contributed by atoms with Gasteiger partial charge in [0.1, 0.15) is 0 Å². The van der Waals surface area contributed by atoms with E-state index < -0.39 is 0 Å². The van der Waals surface area contributed by atoms with Crippen molar-refractivity contribution >= 4 is 17.5 Å². The summed E-state index contributed by atoms with van der Waals surface area (Å²) in [6, 6.07) is 5.90. The zero-order valence-electron chi connectivity index (χ0n) is 10.6. The first-order valence-corrected chi connectivity index (χ1v) is 6.76. The van der Waals surface area contributed by atoms with E-state index in [-0.39, 0.29) is 11.9 Å². The van der Waals surface area contributed by atoms with Crippen LogP contribution in [-0.4, -0.2) is 18.0 Å². The largest absolute Gasteiger partial charge is 0.349 e. The Balaban J connectivity index is 1.99. The van der Waals surface area contributed by atoms with Gasteiger partial charge in [-0.15, -0.1) is 0 Å². The van der Waals surface area contributed by atoms with Crippen molar-refractivity contribution in [3.05, 3.63) is 34.3 Å². The summed E-state index contributed by atoms with van der Waals surface area (Å²) >= 11 is 5.88. The molecule has 18 heavy (non-hydrogen) atoms. The summed E-state index contributed by atoms with van der Waals surface area (Å²) in [5, 5.41) is 3.74. The first-order chi connectivity index (χ1) is 8.56. The van der Waals surface area contributed by atoms with Gasteiger partial charge in [0.15, 0.2) is 0 Å². The number of hydrogen-bond donors (Lipinski definition) is 2. The van der Waals surface area contributed by atoms with Crippen molar-refractivity contribution < 1.29 is 4.79 Å². The van der Waals surface area contributed by atoms with Gasteiger partial charge in [-0.25, -0.2) is 0 Å². The Morgan fingerprint density at radius 3 is 2.61 bits per heavy atom. The molecule has 2 rings (SSSR count). The van der Waals surface area contributed by atoms with Gasteiger partial charge in [-0.1, -0.05) is 11.6 Å². The molecule has 0 atom stereocenters. The van der Waals surface area contributed by atoms with Crippen LogP contribution in [0.2, 0.25) is 5.02 Å². The minimum absolute atomic E-state index is 0.00959. The van der Waals surface area contributed by atoms with Gasteiger partial charge in [-0.3, -0.25) is 4.79 Å². The molecule has 1 aromatic rings. The zero-order chi connectivity index (χ0) is 13.1. The molecule has 98 valence electrons. The molecule has 0 aromatic heterocycles. The average molecular weight is 267 g/mol. The summed E-state index contributed by atoms with van der Waals surface area (Å²) in [6.45, 7) is 1.90. The fourth-order valence-corrected chi connectivity index (χ4v) is 2.64. The molecule has 1 aliphatic carbocycles. The third kappa shape index (κ3) is 3.24. The lowest BCUT2D eigenvalue weighted by molar-refractivity contribution is 0.0925. The lowest BCUT2D eigenvalue weighted by atomic mass is 9.91. The number of rotatable bonds is 2. The average Bonchev–Trinajstić information content (AvgIpc) is 2.32. The second kappa shape index (κ2) is 5.72. The van der Waals surface area contributed by atoms with E-state index in [1.54, 1.807) is 12.1 Å². The van der Waals surface area contributed by atoms with E-state index in [0.29, 0.717) is 16.6 Å². The molecule has 0 aliphatic heterocycles. The number of carbonyl (C=O) groups is 1. The van der Waals surface area contributed by atoms with Crippen LogP contribution in [0.25, 0.3) is 0 Å². The van der Waals surface area contributed by atoms with Crippen LogP contribution >= 0.6 is 11.6 Å². The lowest BCUT2D eigenvalue weighted by Gasteiger charge is -2.27. The summed E-state index contributed by atoms with van der Waals surface area (Å²) in [5.74, 6) is -0.00959. The number of halogens is 1. The van der Waals surface area contributed by atoms with Gasteiger partial charge in [0.05, 0.1) is 0 Å². The second-order valence-electron chi connectivity index (χ2n) is 5.04. The van der Waals surface area contributed by atoms with Crippen molar-refractivity contribution in [2.24, 2.45) is 5.73 Å². The molecule has 3 N–H and O–H groups in total. The van der Waals surface area contributed by atoms with Gasteiger partial charge in [0, 0.05) is 22.7 Å². The fraction of sp³-hybridized carbons (Fsp3) is 0.500. The van der Waals surface area contributed by atoms with E-state index in [1.165, 1.54) is 0 Å². The Kier molecular flexibility index (Phi) is 4.25. The Bertz CT molecular complexity index is 439. The monoisotopic (exact) mass is 266 g/mol. The molecular weight excluding hydrogens is 248 g/mol. The normalized spacial score (nSPS) is 23.7. The van der Waals surface area contributed by atoms with Crippen LogP contribution in [0.5, 0.6) is 0 Å². The van der Waals surface area contributed by atoms with E-state index in [4.69, 9.17) is 17.3 Å². The van der Waals surface area contributed by atoms with Gasteiger partial charge in [0.2, 0.25) is 0 Å². The minimum atomic E-state index is -0.00959. The number of benzene rings is 1. The highest BCUT2D eigenvalue weighted by Gasteiger charge is 2.21. The second-order valence-corrected chi connectivity index (χ2v) is 5.48. The molecule has 1 aliphatic rings. The number of aryl methyl sites for hydroxylation is 1. The van der Waals surface area contributed by atoms with E-state index in [2.05, 4.69) is 5.32 Å². The molecular formula is C14H19ClN2O. The number of hydrogen-bond acceptors (Lipinski definition) is 2. The Labute approximate surface area is 113 Å². The van der Waals surface area contributed by atoms with Gasteiger partial charge < -0.3 is 11.1 Å². The quantitative estimate of drug-likeness (QED) is 0.865. The molecule has 0 saturated heterocycles. The van der Waals surface area contributed by atoms with Crippen LogP contribution in [0.3, 0.4) is 0 Å². The SMILES string of the molecule is Cc1cc(Cl)ccc1C(=O)NC1CCC(N)CC1. The topological polar surface area (TPSA) is 55.1 Å². The lowest BCUT2D eigenvalue weighted by Crippen LogP contribution is -2.40. The minimum Gasteiger partial charge on any atom is -0.349 e. The number of nitrogens with one attached hydrogen (secondary N) is 1. The summed E-state index contributed by atoms with van der Waals surface area (Å²) in [5.41, 5.74) is 7.47. The van der Waals surface area contributed by atoms with Crippen LogP contribution < -0.4 is 11.1 Å². The Morgan fingerprint density at radius 2 is 2.00 bits per heavy atom. The number of amides is 1. The smallest absolute Gasteiger partial charge is 0.251 e. The van der Waals surface area contributed by atoms with Crippen LogP contribution in [0.1, 0.15) is 41.6 Å². The molecule has 0 bridgehead atoms. The highest BCUT2D eigenvalue weighted by atomic mass is 35.5. The molecule has 1 fully saturated rings. The maximum Gasteiger partial charge on any atom is 0.251 e. The van der Waals surface area contributed by atoms with E-state index >= 15 is 0 Å². The molecule has 1 aromatic carbocycles. The Morgan fingerprint density at radius 1 is 1.33 bits per heavy atom. The molecule has 0 radical (unpaired) electrons. The summed E-state index contributed by atoms with van der Waals surface area (Å²) in [6.07, 6.45) is 3.92. The van der Waals surface area contributed by atoms with E-state index in [0.717, 1.165) is 31.2 Å². The van der Waals surface area contributed by atoms with Crippen molar-refractivity contribution in [3.8, 4) is 0 Å². The fourth-order valence-electron chi connectivity index (χ4n) is 2.41. The van der Waals surface area contributed by atoms with Crippen molar-refractivity contribution in [1.29, 1.82) is 0 Å². The first-order valence-electron chi connectivity index (χ1n) is 6.39. The Hall–Kier alpha value is -1.06. The molecule has 0 spiro atoms. The van der Waals surface area contributed by atoms with Crippen LogP contribution in [-0.2, 0) is 0 Å². The highest BCUT2D eigenvalue weighted by Crippen LogP contribution is 2.19. The molecule has 1 amide bonds. The predicted octanol–water partition coefficient (Wildman–Crippen LogP) is 2.65. The standard InChI is InChI=1S/C14H19ClN2O/c1-9-8-10(15)2-7-13(9)14(18)17-12-5-3-11(16)4-6-12/h2,7-8,11-12H,3-6,16H2,1H3,(H,17,18).